The molecule has 1 fully saturated rings. The van der Waals surface area contributed by atoms with Crippen molar-refractivity contribution in [2.45, 2.75) is 19.4 Å². The number of hydrogen-bond acceptors (Lipinski definition) is 4. The van der Waals surface area contributed by atoms with Crippen LogP contribution in [0.4, 0.5) is 4.39 Å². The van der Waals surface area contributed by atoms with E-state index < -0.39 is 23.7 Å². The monoisotopic (exact) mass is 423 g/mol. The molecule has 0 radical (unpaired) electrons. The summed E-state index contributed by atoms with van der Waals surface area (Å²) >= 11 is 0. The van der Waals surface area contributed by atoms with E-state index in [4.69, 9.17) is 0 Å². The van der Waals surface area contributed by atoms with Crippen molar-refractivity contribution < 1.29 is 23.6 Å². The number of fused-ring (bicyclic) bond motifs is 1. The summed E-state index contributed by atoms with van der Waals surface area (Å²) < 4.78 is 13.5. The molecule has 0 bridgehead atoms. The number of imide groups is 1. The molecule has 2 heterocycles. The summed E-state index contributed by atoms with van der Waals surface area (Å²) in [6.07, 6.45) is 0.543. The van der Waals surface area contributed by atoms with Gasteiger partial charge in [-0.2, -0.15) is 0 Å². The van der Waals surface area contributed by atoms with Gasteiger partial charge in [-0.3, -0.25) is 24.1 Å². The molecule has 4 amide bonds. The summed E-state index contributed by atoms with van der Waals surface area (Å²) in [4.78, 5) is 55.3. The second-order valence-corrected chi connectivity index (χ2v) is 7.68. The Balaban J connectivity index is 1.44. The van der Waals surface area contributed by atoms with Crippen molar-refractivity contribution in [3.8, 4) is 0 Å². The van der Waals surface area contributed by atoms with E-state index in [9.17, 15) is 23.6 Å². The molecule has 1 unspecified atom stereocenters. The maximum absolute atomic E-state index is 13.5. The van der Waals surface area contributed by atoms with Crippen LogP contribution in [0.3, 0.4) is 0 Å². The van der Waals surface area contributed by atoms with E-state index in [-0.39, 0.29) is 30.5 Å². The average Bonchev–Trinajstić information content (AvgIpc) is 2.93. The van der Waals surface area contributed by atoms with E-state index in [1.54, 1.807) is 47.1 Å². The lowest BCUT2D eigenvalue weighted by molar-refractivity contribution is -0.134. The molecule has 160 valence electrons. The van der Waals surface area contributed by atoms with Gasteiger partial charge in [0.05, 0.1) is 11.1 Å². The fraction of sp³-hybridized carbons (Fsp3) is 0.304. The summed E-state index contributed by atoms with van der Waals surface area (Å²) in [6.45, 7) is 2.94. The van der Waals surface area contributed by atoms with E-state index in [0.29, 0.717) is 30.6 Å². The van der Waals surface area contributed by atoms with Gasteiger partial charge >= 0.3 is 0 Å². The van der Waals surface area contributed by atoms with Crippen LogP contribution in [-0.4, -0.2) is 70.5 Å². The molecule has 0 saturated carbocycles. The van der Waals surface area contributed by atoms with Gasteiger partial charge in [0.2, 0.25) is 5.91 Å². The number of amides is 4. The number of carbonyl (C=O) groups excluding carboxylic acids is 4. The maximum atomic E-state index is 13.5. The van der Waals surface area contributed by atoms with Crippen LogP contribution in [0, 0.1) is 5.82 Å². The molecule has 7 nitrogen and oxygen atoms in total. The normalized spacial score (nSPS) is 17.4. The van der Waals surface area contributed by atoms with E-state index in [0.717, 1.165) is 4.90 Å². The first kappa shape index (κ1) is 20.7. The molecule has 2 aromatic carbocycles. The van der Waals surface area contributed by atoms with Crippen LogP contribution in [0.5, 0.6) is 0 Å². The highest BCUT2D eigenvalue weighted by molar-refractivity contribution is 6.22. The molecule has 31 heavy (non-hydrogen) atoms. The standard InChI is InChI=1S/C23H22FN3O4/c1-15(27-22(30)18-8-2-3-9-19(18)23(27)31)20(28)25-10-5-11-26(13-12-25)21(29)16-6-4-7-17(24)14-16/h2-4,6-9,14-15H,5,10-13H2,1H3. The van der Waals surface area contributed by atoms with Crippen LogP contribution >= 0.6 is 0 Å². The molecule has 0 spiro atoms. The maximum Gasteiger partial charge on any atom is 0.262 e. The predicted octanol–water partition coefficient (Wildman–Crippen LogP) is 2.18. The Kier molecular flexibility index (Phi) is 5.54. The highest BCUT2D eigenvalue weighted by Gasteiger charge is 2.41. The lowest BCUT2D eigenvalue weighted by Gasteiger charge is -2.28. The third-order valence-electron chi connectivity index (χ3n) is 5.74. The van der Waals surface area contributed by atoms with Gasteiger partial charge < -0.3 is 9.80 Å². The summed E-state index contributed by atoms with van der Waals surface area (Å²) in [6, 6.07) is 11.1. The Bertz CT molecular complexity index is 1040. The fourth-order valence-electron chi connectivity index (χ4n) is 4.08. The van der Waals surface area contributed by atoms with Crippen molar-refractivity contribution in [2.24, 2.45) is 0 Å². The zero-order valence-electron chi connectivity index (χ0n) is 17.1. The average molecular weight is 423 g/mol. The third kappa shape index (κ3) is 3.81. The smallest absolute Gasteiger partial charge is 0.262 e. The van der Waals surface area contributed by atoms with Crippen molar-refractivity contribution in [1.82, 2.24) is 14.7 Å². The minimum atomic E-state index is -0.946. The quantitative estimate of drug-likeness (QED) is 0.709. The van der Waals surface area contributed by atoms with Crippen molar-refractivity contribution in [3.05, 3.63) is 71.0 Å². The van der Waals surface area contributed by atoms with Crippen LogP contribution in [-0.2, 0) is 4.79 Å². The number of rotatable bonds is 3. The van der Waals surface area contributed by atoms with Crippen LogP contribution < -0.4 is 0 Å². The second kappa shape index (κ2) is 8.29. The predicted molar refractivity (Wildman–Crippen MR) is 110 cm³/mol. The van der Waals surface area contributed by atoms with Gasteiger partial charge in [-0.15, -0.1) is 0 Å². The van der Waals surface area contributed by atoms with E-state index in [2.05, 4.69) is 0 Å². The summed E-state index contributed by atoms with van der Waals surface area (Å²) in [5.41, 5.74) is 0.865. The summed E-state index contributed by atoms with van der Waals surface area (Å²) in [5.74, 6) is -2.05. The first-order valence-electron chi connectivity index (χ1n) is 10.2. The van der Waals surface area contributed by atoms with Gasteiger partial charge in [-0.25, -0.2) is 4.39 Å². The number of carbonyl (C=O) groups is 4. The molecule has 0 aliphatic carbocycles. The van der Waals surface area contributed by atoms with Crippen molar-refractivity contribution in [1.29, 1.82) is 0 Å². The molecule has 2 aromatic rings. The molecule has 1 saturated heterocycles. The molecular formula is C23H22FN3O4. The Morgan fingerprint density at radius 1 is 0.871 bits per heavy atom. The Labute approximate surface area is 179 Å². The summed E-state index contributed by atoms with van der Waals surface area (Å²) in [5, 5.41) is 0. The summed E-state index contributed by atoms with van der Waals surface area (Å²) in [7, 11) is 0. The number of benzene rings is 2. The van der Waals surface area contributed by atoms with Gasteiger partial charge in [-0.1, -0.05) is 18.2 Å². The Hall–Kier alpha value is -3.55. The van der Waals surface area contributed by atoms with E-state index in [1.165, 1.54) is 18.2 Å². The Morgan fingerprint density at radius 2 is 1.48 bits per heavy atom. The van der Waals surface area contributed by atoms with Crippen molar-refractivity contribution in [3.63, 3.8) is 0 Å². The molecular weight excluding hydrogens is 401 g/mol. The SMILES string of the molecule is CC(C(=O)N1CCCN(C(=O)c2cccc(F)c2)CC1)N1C(=O)c2ccccc2C1=O. The number of hydrogen-bond donors (Lipinski definition) is 0. The molecule has 4 rings (SSSR count). The third-order valence-corrected chi connectivity index (χ3v) is 5.74. The van der Waals surface area contributed by atoms with Crippen LogP contribution in [0.25, 0.3) is 0 Å². The van der Waals surface area contributed by atoms with Gasteiger partial charge in [-0.05, 0) is 43.7 Å². The molecule has 2 aliphatic rings. The number of halogens is 1. The van der Waals surface area contributed by atoms with Crippen LogP contribution in [0.15, 0.2) is 48.5 Å². The van der Waals surface area contributed by atoms with Gasteiger partial charge in [0.15, 0.2) is 0 Å². The first-order chi connectivity index (χ1) is 14.9. The zero-order valence-corrected chi connectivity index (χ0v) is 17.1. The highest BCUT2D eigenvalue weighted by atomic mass is 19.1. The minimum absolute atomic E-state index is 0.263. The van der Waals surface area contributed by atoms with Gasteiger partial charge in [0, 0.05) is 31.7 Å². The van der Waals surface area contributed by atoms with E-state index in [1.807, 2.05) is 0 Å². The van der Waals surface area contributed by atoms with E-state index >= 15 is 0 Å². The first-order valence-corrected chi connectivity index (χ1v) is 10.2. The largest absolute Gasteiger partial charge is 0.339 e. The number of nitrogens with zero attached hydrogens (tertiary/aromatic N) is 3. The van der Waals surface area contributed by atoms with Crippen molar-refractivity contribution >= 4 is 23.6 Å². The lowest BCUT2D eigenvalue weighted by Crippen LogP contribution is -2.50. The molecule has 8 heteroatoms. The zero-order chi connectivity index (χ0) is 22.1. The second-order valence-electron chi connectivity index (χ2n) is 7.68. The van der Waals surface area contributed by atoms with Gasteiger partial charge in [0.1, 0.15) is 11.9 Å². The Morgan fingerprint density at radius 3 is 2.13 bits per heavy atom. The van der Waals surface area contributed by atoms with Crippen LogP contribution in [0.2, 0.25) is 0 Å². The minimum Gasteiger partial charge on any atom is -0.339 e. The molecule has 0 N–H and O–H groups in total. The van der Waals surface area contributed by atoms with Crippen molar-refractivity contribution in [2.75, 3.05) is 26.2 Å². The molecule has 1 atom stereocenters. The molecule has 2 aliphatic heterocycles. The van der Waals surface area contributed by atoms with Crippen LogP contribution in [0.1, 0.15) is 44.4 Å². The van der Waals surface area contributed by atoms with Gasteiger partial charge in [0.25, 0.3) is 17.7 Å². The molecule has 0 aromatic heterocycles. The fourth-order valence-corrected chi connectivity index (χ4v) is 4.08. The highest BCUT2D eigenvalue weighted by Crippen LogP contribution is 2.25. The topological polar surface area (TPSA) is 78.0 Å². The lowest BCUT2D eigenvalue weighted by atomic mass is 10.1.